The van der Waals surface area contributed by atoms with E-state index in [0.29, 0.717) is 27.0 Å². The van der Waals surface area contributed by atoms with Crippen LogP contribution >= 0.6 is 23.2 Å². The quantitative estimate of drug-likeness (QED) is 0.292. The molecule has 2 amide bonds. The number of amides is 2. The van der Waals surface area contributed by atoms with Gasteiger partial charge in [0, 0.05) is 11.3 Å². The van der Waals surface area contributed by atoms with Gasteiger partial charge in [0.1, 0.15) is 12.4 Å². The molecule has 3 rings (SSSR count). The van der Waals surface area contributed by atoms with Crippen molar-refractivity contribution >= 4 is 46.9 Å². The van der Waals surface area contributed by atoms with E-state index in [9.17, 15) is 9.59 Å². The molecule has 0 aromatic heterocycles. The second kappa shape index (κ2) is 10.8. The number of carbonyl (C=O) groups is 2. The molecule has 0 atom stereocenters. The van der Waals surface area contributed by atoms with Crippen molar-refractivity contribution in [1.82, 2.24) is 5.43 Å². The molecule has 3 aromatic rings. The lowest BCUT2D eigenvalue weighted by molar-refractivity contribution is -0.136. The van der Waals surface area contributed by atoms with Crippen molar-refractivity contribution in [2.75, 3.05) is 5.32 Å². The maximum absolute atomic E-state index is 12.1. The van der Waals surface area contributed by atoms with Gasteiger partial charge in [-0.05, 0) is 66.9 Å². The summed E-state index contributed by atoms with van der Waals surface area (Å²) in [6, 6.07) is 17.8. The second-order valence-corrected chi connectivity index (χ2v) is 7.84. The van der Waals surface area contributed by atoms with E-state index in [2.05, 4.69) is 15.8 Å². The lowest BCUT2D eigenvalue weighted by Gasteiger charge is -2.10. The number of aryl methyl sites for hydroxylation is 2. The number of nitrogens with one attached hydrogen (secondary N) is 2. The van der Waals surface area contributed by atoms with Gasteiger partial charge >= 0.3 is 11.8 Å². The van der Waals surface area contributed by atoms with E-state index in [4.69, 9.17) is 27.9 Å². The maximum Gasteiger partial charge on any atom is 0.329 e. The SMILES string of the molecule is Cc1ccc(NC(=O)C(=O)N/N=C\c2ccccc2OCc2ccc(Cl)c(Cl)c2)cc1C. The summed E-state index contributed by atoms with van der Waals surface area (Å²) in [6.07, 6.45) is 1.41. The van der Waals surface area contributed by atoms with Crippen LogP contribution in [0.2, 0.25) is 10.0 Å². The molecule has 0 spiro atoms. The van der Waals surface area contributed by atoms with Gasteiger partial charge in [-0.1, -0.05) is 47.5 Å². The lowest BCUT2D eigenvalue weighted by atomic mass is 10.1. The molecule has 2 N–H and O–H groups in total. The molecular formula is C24H21Cl2N3O3. The fraction of sp³-hybridized carbons (Fsp3) is 0.125. The van der Waals surface area contributed by atoms with E-state index in [-0.39, 0.29) is 6.61 Å². The molecule has 32 heavy (non-hydrogen) atoms. The van der Waals surface area contributed by atoms with Crippen LogP contribution in [0.4, 0.5) is 5.69 Å². The normalized spacial score (nSPS) is 10.8. The summed E-state index contributed by atoms with van der Waals surface area (Å²) >= 11 is 12.0. The lowest BCUT2D eigenvalue weighted by Crippen LogP contribution is -2.32. The second-order valence-electron chi connectivity index (χ2n) is 7.03. The number of para-hydroxylation sites is 1. The number of anilines is 1. The molecule has 0 heterocycles. The van der Waals surface area contributed by atoms with Crippen LogP contribution in [0.25, 0.3) is 0 Å². The smallest absolute Gasteiger partial charge is 0.329 e. The summed E-state index contributed by atoms with van der Waals surface area (Å²) in [7, 11) is 0. The zero-order valence-corrected chi connectivity index (χ0v) is 19.0. The first kappa shape index (κ1) is 23.3. The highest BCUT2D eigenvalue weighted by molar-refractivity contribution is 6.42. The molecule has 0 unspecified atom stereocenters. The van der Waals surface area contributed by atoms with Crippen molar-refractivity contribution in [3.63, 3.8) is 0 Å². The van der Waals surface area contributed by atoms with Crippen LogP contribution in [-0.4, -0.2) is 18.0 Å². The van der Waals surface area contributed by atoms with Gasteiger partial charge in [-0.15, -0.1) is 0 Å². The van der Waals surface area contributed by atoms with Crippen molar-refractivity contribution in [2.45, 2.75) is 20.5 Å². The Kier molecular flexibility index (Phi) is 7.87. The monoisotopic (exact) mass is 469 g/mol. The average Bonchev–Trinajstić information content (AvgIpc) is 2.77. The van der Waals surface area contributed by atoms with Crippen LogP contribution in [0.1, 0.15) is 22.3 Å². The standard InChI is InChI=1S/C24H21Cl2N3O3/c1-15-7-9-19(11-16(15)2)28-23(30)24(31)29-27-13-18-5-3-4-6-22(18)32-14-17-8-10-20(25)21(26)12-17/h3-13H,14H2,1-2H3,(H,28,30)(H,29,31)/b27-13-. The van der Waals surface area contributed by atoms with Crippen molar-refractivity contribution in [3.8, 4) is 5.75 Å². The largest absolute Gasteiger partial charge is 0.488 e. The Morgan fingerprint density at radius 1 is 0.938 bits per heavy atom. The van der Waals surface area contributed by atoms with Crippen LogP contribution in [0.15, 0.2) is 65.8 Å². The summed E-state index contributed by atoms with van der Waals surface area (Å²) in [5.41, 5.74) is 6.35. The molecule has 8 heteroatoms. The summed E-state index contributed by atoms with van der Waals surface area (Å²) in [5, 5.41) is 7.34. The van der Waals surface area contributed by atoms with Gasteiger partial charge in [0.15, 0.2) is 0 Å². The molecule has 0 saturated heterocycles. The van der Waals surface area contributed by atoms with Gasteiger partial charge in [-0.2, -0.15) is 5.10 Å². The Morgan fingerprint density at radius 3 is 2.47 bits per heavy atom. The molecule has 0 aliphatic carbocycles. The number of ether oxygens (including phenoxy) is 1. The highest BCUT2D eigenvalue weighted by Crippen LogP contribution is 2.24. The third-order valence-electron chi connectivity index (χ3n) is 4.64. The van der Waals surface area contributed by atoms with E-state index < -0.39 is 11.8 Å². The minimum atomic E-state index is -0.881. The number of hydrazone groups is 1. The van der Waals surface area contributed by atoms with Crippen LogP contribution in [0.5, 0.6) is 5.75 Å². The fourth-order valence-corrected chi connectivity index (χ4v) is 3.05. The number of nitrogens with zero attached hydrogens (tertiary/aromatic N) is 1. The van der Waals surface area contributed by atoms with Crippen LogP contribution < -0.4 is 15.5 Å². The third kappa shape index (κ3) is 6.33. The summed E-state index contributed by atoms with van der Waals surface area (Å²) in [4.78, 5) is 24.1. The Morgan fingerprint density at radius 2 is 1.72 bits per heavy atom. The number of benzene rings is 3. The summed E-state index contributed by atoms with van der Waals surface area (Å²) < 4.78 is 5.84. The Bertz CT molecular complexity index is 1180. The number of hydrogen-bond acceptors (Lipinski definition) is 4. The molecule has 164 valence electrons. The average molecular weight is 470 g/mol. The zero-order valence-electron chi connectivity index (χ0n) is 17.5. The van der Waals surface area contributed by atoms with E-state index in [1.165, 1.54) is 6.21 Å². The number of carbonyl (C=O) groups excluding carboxylic acids is 2. The topological polar surface area (TPSA) is 79.8 Å². The van der Waals surface area contributed by atoms with Crippen molar-refractivity contribution < 1.29 is 14.3 Å². The van der Waals surface area contributed by atoms with Gasteiger partial charge in [0.05, 0.1) is 16.3 Å². The molecule has 0 aliphatic heterocycles. The van der Waals surface area contributed by atoms with Crippen LogP contribution in [-0.2, 0) is 16.2 Å². The van der Waals surface area contributed by atoms with Crippen LogP contribution in [0.3, 0.4) is 0 Å². The van der Waals surface area contributed by atoms with Gasteiger partial charge in [-0.25, -0.2) is 5.43 Å². The first-order valence-corrected chi connectivity index (χ1v) is 10.5. The maximum atomic E-state index is 12.1. The first-order chi connectivity index (χ1) is 15.3. The van der Waals surface area contributed by atoms with Crippen LogP contribution in [0, 0.1) is 13.8 Å². The highest BCUT2D eigenvalue weighted by atomic mass is 35.5. The van der Waals surface area contributed by atoms with E-state index in [0.717, 1.165) is 16.7 Å². The molecule has 0 fully saturated rings. The molecule has 0 saturated carbocycles. The molecule has 3 aromatic carbocycles. The predicted molar refractivity (Wildman–Crippen MR) is 128 cm³/mol. The fourth-order valence-electron chi connectivity index (χ4n) is 2.73. The third-order valence-corrected chi connectivity index (χ3v) is 5.38. The highest BCUT2D eigenvalue weighted by Gasteiger charge is 2.13. The molecule has 0 aliphatic rings. The number of halogens is 2. The van der Waals surface area contributed by atoms with Gasteiger partial charge < -0.3 is 10.1 Å². The van der Waals surface area contributed by atoms with E-state index >= 15 is 0 Å². The van der Waals surface area contributed by atoms with Crippen molar-refractivity contribution in [3.05, 3.63) is 93.0 Å². The Labute approximate surface area is 196 Å². The Hall–Kier alpha value is -3.35. The molecule has 0 radical (unpaired) electrons. The molecule has 6 nitrogen and oxygen atoms in total. The van der Waals surface area contributed by atoms with Gasteiger partial charge in [0.25, 0.3) is 0 Å². The van der Waals surface area contributed by atoms with Crippen molar-refractivity contribution in [2.24, 2.45) is 5.10 Å². The zero-order chi connectivity index (χ0) is 23.1. The first-order valence-electron chi connectivity index (χ1n) is 9.71. The number of rotatable bonds is 6. The van der Waals surface area contributed by atoms with E-state index in [1.54, 1.807) is 36.4 Å². The van der Waals surface area contributed by atoms with Gasteiger partial charge in [-0.3, -0.25) is 9.59 Å². The number of hydrogen-bond donors (Lipinski definition) is 2. The summed E-state index contributed by atoms with van der Waals surface area (Å²) in [5.74, 6) is -1.14. The minimum absolute atomic E-state index is 0.270. The minimum Gasteiger partial charge on any atom is -0.488 e. The molecule has 0 bridgehead atoms. The predicted octanol–water partition coefficient (Wildman–Crippen LogP) is 5.28. The van der Waals surface area contributed by atoms with Crippen molar-refractivity contribution in [1.29, 1.82) is 0 Å². The summed E-state index contributed by atoms with van der Waals surface area (Å²) in [6.45, 7) is 4.16. The van der Waals surface area contributed by atoms with E-state index in [1.807, 2.05) is 38.1 Å². The van der Waals surface area contributed by atoms with Gasteiger partial charge in [0.2, 0.25) is 0 Å². The Balaban J connectivity index is 1.58. The molecular weight excluding hydrogens is 449 g/mol.